The lowest BCUT2D eigenvalue weighted by atomic mass is 9.90. The summed E-state index contributed by atoms with van der Waals surface area (Å²) in [5.74, 6) is 0.444. The lowest BCUT2D eigenvalue weighted by Crippen LogP contribution is -2.39. The second-order valence-electron chi connectivity index (χ2n) is 3.32. The van der Waals surface area contributed by atoms with Gasteiger partial charge in [-0.3, -0.25) is 0 Å². The molecule has 2 N–H and O–H groups in total. The van der Waals surface area contributed by atoms with Crippen LogP contribution in [0.3, 0.4) is 0 Å². The first-order valence-electron chi connectivity index (χ1n) is 3.50. The number of ether oxygens (including phenoxy) is 1. The summed E-state index contributed by atoms with van der Waals surface area (Å²) in [7, 11) is 0. The van der Waals surface area contributed by atoms with Crippen LogP contribution in [0.2, 0.25) is 0 Å². The van der Waals surface area contributed by atoms with Gasteiger partial charge in [0.25, 0.3) is 6.02 Å². The third-order valence-electron chi connectivity index (χ3n) is 2.09. The molecule has 58 valence electrons. The third-order valence-corrected chi connectivity index (χ3v) is 2.09. The Labute approximate surface area is 61.3 Å². The fraction of sp³-hybridized carbons (Fsp3) is 0.857. The summed E-state index contributed by atoms with van der Waals surface area (Å²) < 4.78 is 5.05. The van der Waals surface area contributed by atoms with Gasteiger partial charge in [-0.1, -0.05) is 6.92 Å². The second-order valence-corrected chi connectivity index (χ2v) is 3.32. The molecule has 1 heterocycles. The summed E-state index contributed by atoms with van der Waals surface area (Å²) in [4.78, 5) is 4.17. The molecule has 0 aromatic heterocycles. The molecule has 0 saturated carbocycles. The Balaban J connectivity index is 2.79. The normalized spacial score (nSPS) is 30.7. The molecule has 3 nitrogen and oxygen atoms in total. The van der Waals surface area contributed by atoms with Gasteiger partial charge in [-0.2, -0.15) is 0 Å². The second kappa shape index (κ2) is 2.15. The average molecular weight is 142 g/mol. The number of hydrogen-bond donors (Lipinski definition) is 1. The standard InChI is InChI=1S/C7H14N2O/c1-5-4-10-6(8)9-7(5,2)3/h5H,4H2,1-3H3,(H2,8,9). The molecule has 0 aromatic rings. The van der Waals surface area contributed by atoms with Crippen LogP contribution >= 0.6 is 0 Å². The molecule has 1 unspecified atom stereocenters. The molecule has 0 fully saturated rings. The maximum atomic E-state index is 5.40. The van der Waals surface area contributed by atoms with Crippen molar-refractivity contribution in [1.29, 1.82) is 0 Å². The fourth-order valence-corrected chi connectivity index (χ4v) is 0.841. The maximum absolute atomic E-state index is 5.40. The van der Waals surface area contributed by atoms with Crippen LogP contribution in [0.5, 0.6) is 0 Å². The summed E-state index contributed by atoms with van der Waals surface area (Å²) in [5.41, 5.74) is 5.35. The third kappa shape index (κ3) is 1.23. The quantitative estimate of drug-likeness (QED) is 0.542. The number of hydrogen-bond acceptors (Lipinski definition) is 3. The highest BCUT2D eigenvalue weighted by Crippen LogP contribution is 2.24. The molecule has 0 amide bonds. The van der Waals surface area contributed by atoms with Gasteiger partial charge in [0.05, 0.1) is 12.1 Å². The van der Waals surface area contributed by atoms with Crippen LogP contribution in [0.4, 0.5) is 0 Å². The van der Waals surface area contributed by atoms with Crippen molar-refractivity contribution in [3.63, 3.8) is 0 Å². The summed E-state index contributed by atoms with van der Waals surface area (Å²) >= 11 is 0. The molecular weight excluding hydrogens is 128 g/mol. The average Bonchev–Trinajstić information content (AvgIpc) is 1.78. The van der Waals surface area contributed by atoms with Crippen LogP contribution in [0.1, 0.15) is 20.8 Å². The molecule has 3 heteroatoms. The smallest absolute Gasteiger partial charge is 0.282 e. The van der Waals surface area contributed by atoms with Crippen molar-refractivity contribution in [2.24, 2.45) is 16.6 Å². The molecule has 0 aliphatic carbocycles. The van der Waals surface area contributed by atoms with E-state index in [0.717, 1.165) is 0 Å². The number of aliphatic imine (C=N–C) groups is 1. The Hall–Kier alpha value is -0.730. The van der Waals surface area contributed by atoms with Gasteiger partial charge >= 0.3 is 0 Å². The van der Waals surface area contributed by atoms with Crippen LogP contribution in [0.25, 0.3) is 0 Å². The summed E-state index contributed by atoms with van der Waals surface area (Å²) in [6.45, 7) is 6.92. The van der Waals surface area contributed by atoms with Crippen LogP contribution in [0.15, 0.2) is 4.99 Å². The van der Waals surface area contributed by atoms with E-state index in [1.54, 1.807) is 0 Å². The Morgan fingerprint density at radius 1 is 1.70 bits per heavy atom. The van der Waals surface area contributed by atoms with Gasteiger partial charge in [0.1, 0.15) is 0 Å². The number of nitrogens with two attached hydrogens (primary N) is 1. The van der Waals surface area contributed by atoms with Gasteiger partial charge < -0.3 is 10.5 Å². The first-order valence-corrected chi connectivity index (χ1v) is 3.50. The van der Waals surface area contributed by atoms with Crippen molar-refractivity contribution in [3.8, 4) is 0 Å². The number of nitrogens with zero attached hydrogens (tertiary/aromatic N) is 1. The fourth-order valence-electron chi connectivity index (χ4n) is 0.841. The van der Waals surface area contributed by atoms with Gasteiger partial charge in [-0.15, -0.1) is 0 Å². The predicted octanol–water partition coefficient (Wildman–Crippen LogP) is 0.746. The van der Waals surface area contributed by atoms with Gasteiger partial charge in [0.15, 0.2) is 0 Å². The first-order chi connectivity index (χ1) is 4.52. The Morgan fingerprint density at radius 3 is 2.70 bits per heavy atom. The van der Waals surface area contributed by atoms with Crippen molar-refractivity contribution < 1.29 is 4.74 Å². The zero-order valence-electron chi connectivity index (χ0n) is 6.72. The van der Waals surface area contributed by atoms with E-state index in [-0.39, 0.29) is 5.54 Å². The van der Waals surface area contributed by atoms with E-state index in [1.807, 2.05) is 0 Å². The van der Waals surface area contributed by atoms with E-state index in [1.165, 1.54) is 0 Å². The van der Waals surface area contributed by atoms with Crippen LogP contribution in [-0.4, -0.2) is 18.2 Å². The highest BCUT2D eigenvalue weighted by atomic mass is 16.5. The van der Waals surface area contributed by atoms with Gasteiger partial charge in [-0.25, -0.2) is 4.99 Å². The topological polar surface area (TPSA) is 47.6 Å². The molecule has 0 aromatic carbocycles. The lowest BCUT2D eigenvalue weighted by Gasteiger charge is -2.31. The largest absolute Gasteiger partial charge is 0.465 e. The molecule has 1 atom stereocenters. The van der Waals surface area contributed by atoms with Crippen molar-refractivity contribution in [2.45, 2.75) is 26.3 Å². The highest BCUT2D eigenvalue weighted by molar-refractivity contribution is 5.72. The lowest BCUT2D eigenvalue weighted by molar-refractivity contribution is 0.159. The Kier molecular flexibility index (Phi) is 1.58. The van der Waals surface area contributed by atoms with E-state index >= 15 is 0 Å². The van der Waals surface area contributed by atoms with E-state index in [2.05, 4.69) is 25.8 Å². The van der Waals surface area contributed by atoms with Crippen LogP contribution in [0, 0.1) is 5.92 Å². The van der Waals surface area contributed by atoms with E-state index in [4.69, 9.17) is 10.5 Å². The summed E-state index contributed by atoms with van der Waals surface area (Å²) in [6, 6.07) is 0.322. The molecule has 0 radical (unpaired) electrons. The van der Waals surface area contributed by atoms with Crippen LogP contribution in [-0.2, 0) is 4.74 Å². The first kappa shape index (κ1) is 7.38. The van der Waals surface area contributed by atoms with Gasteiger partial charge in [0.2, 0.25) is 0 Å². The summed E-state index contributed by atoms with van der Waals surface area (Å²) in [6.07, 6.45) is 0. The zero-order chi connectivity index (χ0) is 7.78. The van der Waals surface area contributed by atoms with Crippen molar-refractivity contribution in [3.05, 3.63) is 0 Å². The molecule has 1 aliphatic heterocycles. The molecule has 0 bridgehead atoms. The number of rotatable bonds is 0. The molecule has 0 saturated heterocycles. The van der Waals surface area contributed by atoms with E-state index in [0.29, 0.717) is 18.5 Å². The molecule has 0 spiro atoms. The van der Waals surface area contributed by atoms with E-state index < -0.39 is 0 Å². The minimum Gasteiger partial charge on any atom is -0.465 e. The molecule has 1 aliphatic rings. The number of amidine groups is 1. The summed E-state index contributed by atoms with van der Waals surface area (Å²) in [5, 5.41) is 0. The Bertz CT molecular complexity index is 163. The SMILES string of the molecule is CC1COC(N)=NC1(C)C. The molecular formula is C7H14N2O. The predicted molar refractivity (Wildman–Crippen MR) is 40.8 cm³/mol. The van der Waals surface area contributed by atoms with Crippen molar-refractivity contribution in [1.82, 2.24) is 0 Å². The molecule has 10 heavy (non-hydrogen) atoms. The molecule has 1 rings (SSSR count). The minimum absolute atomic E-state index is 0.0532. The Morgan fingerprint density at radius 2 is 2.30 bits per heavy atom. The van der Waals surface area contributed by atoms with Crippen molar-refractivity contribution >= 4 is 6.02 Å². The highest BCUT2D eigenvalue weighted by Gasteiger charge is 2.29. The van der Waals surface area contributed by atoms with Crippen LogP contribution < -0.4 is 5.73 Å². The van der Waals surface area contributed by atoms with Gasteiger partial charge in [0, 0.05) is 5.92 Å². The zero-order valence-corrected chi connectivity index (χ0v) is 6.72. The van der Waals surface area contributed by atoms with Crippen molar-refractivity contribution in [2.75, 3.05) is 6.61 Å². The van der Waals surface area contributed by atoms with Gasteiger partial charge in [-0.05, 0) is 13.8 Å². The van der Waals surface area contributed by atoms with E-state index in [9.17, 15) is 0 Å². The monoisotopic (exact) mass is 142 g/mol. The minimum atomic E-state index is -0.0532. The maximum Gasteiger partial charge on any atom is 0.282 e.